The van der Waals surface area contributed by atoms with Gasteiger partial charge in [0.05, 0.1) is 32.6 Å². The van der Waals surface area contributed by atoms with Crippen LogP contribution < -0.4 is 20.1 Å². The lowest BCUT2D eigenvalue weighted by molar-refractivity contribution is 0.0602. The Hall–Kier alpha value is -3.10. The third-order valence-electron chi connectivity index (χ3n) is 4.08. The van der Waals surface area contributed by atoms with Crippen LogP contribution in [0, 0.1) is 0 Å². The number of benzene rings is 2. The molecule has 0 atom stereocenters. The molecule has 0 aliphatic carbocycles. The van der Waals surface area contributed by atoms with Crippen LogP contribution >= 0.6 is 23.6 Å². The van der Waals surface area contributed by atoms with Crippen molar-refractivity contribution in [1.82, 2.24) is 0 Å². The Bertz CT molecular complexity index is 1020. The standard InChI is InChI=1S/C21H20N2O4S2/c1-25-14-9-10-17(26-2)16(11-14)22-21(28)23-19-15(20(24)27-3)12-18(29-19)13-7-5-4-6-8-13/h4-12H,1-3H3,(H2,22,23,28). The minimum Gasteiger partial charge on any atom is -0.497 e. The number of methoxy groups -OCH3 is 3. The fourth-order valence-corrected chi connectivity index (χ4v) is 3.99. The van der Waals surface area contributed by atoms with Gasteiger partial charge in [-0.3, -0.25) is 0 Å². The Balaban J connectivity index is 1.86. The average Bonchev–Trinajstić information content (AvgIpc) is 3.17. The molecule has 2 N–H and O–H groups in total. The zero-order chi connectivity index (χ0) is 20.8. The van der Waals surface area contributed by atoms with Crippen molar-refractivity contribution in [3.05, 3.63) is 60.2 Å². The van der Waals surface area contributed by atoms with Crippen LogP contribution in [0.4, 0.5) is 10.7 Å². The van der Waals surface area contributed by atoms with Crippen LogP contribution in [0.3, 0.4) is 0 Å². The van der Waals surface area contributed by atoms with Crippen molar-refractivity contribution >= 4 is 45.3 Å². The molecular weight excluding hydrogens is 408 g/mol. The first-order valence-electron chi connectivity index (χ1n) is 8.63. The number of rotatable bonds is 6. The number of nitrogens with one attached hydrogen (secondary N) is 2. The molecule has 3 aromatic rings. The van der Waals surface area contributed by atoms with Crippen LogP contribution in [0.5, 0.6) is 11.5 Å². The molecule has 150 valence electrons. The largest absolute Gasteiger partial charge is 0.497 e. The molecule has 0 bridgehead atoms. The molecule has 0 fully saturated rings. The normalized spacial score (nSPS) is 10.2. The van der Waals surface area contributed by atoms with Crippen molar-refractivity contribution in [3.63, 3.8) is 0 Å². The maximum Gasteiger partial charge on any atom is 0.340 e. The van der Waals surface area contributed by atoms with E-state index in [4.69, 9.17) is 26.4 Å². The predicted octanol–water partition coefficient (Wildman–Crippen LogP) is 5.03. The maximum absolute atomic E-state index is 12.2. The Morgan fingerprint density at radius 2 is 1.72 bits per heavy atom. The molecule has 3 rings (SSSR count). The highest BCUT2D eigenvalue weighted by molar-refractivity contribution is 7.80. The van der Waals surface area contributed by atoms with E-state index < -0.39 is 5.97 Å². The van der Waals surface area contributed by atoms with Crippen molar-refractivity contribution in [1.29, 1.82) is 0 Å². The van der Waals surface area contributed by atoms with Gasteiger partial charge in [-0.1, -0.05) is 30.3 Å². The number of anilines is 2. The first-order chi connectivity index (χ1) is 14.0. The fraction of sp³-hybridized carbons (Fsp3) is 0.143. The van der Waals surface area contributed by atoms with E-state index in [1.165, 1.54) is 18.4 Å². The zero-order valence-electron chi connectivity index (χ0n) is 16.1. The molecule has 0 unspecified atom stereocenters. The number of thiophene rings is 1. The van der Waals surface area contributed by atoms with Crippen molar-refractivity contribution < 1.29 is 19.0 Å². The van der Waals surface area contributed by atoms with Gasteiger partial charge in [0.2, 0.25) is 0 Å². The van der Waals surface area contributed by atoms with Gasteiger partial charge in [0.1, 0.15) is 16.5 Å². The van der Waals surface area contributed by atoms with Gasteiger partial charge in [-0.2, -0.15) is 0 Å². The van der Waals surface area contributed by atoms with Crippen LogP contribution in [0.1, 0.15) is 10.4 Å². The molecular formula is C21H20N2O4S2. The first-order valence-corrected chi connectivity index (χ1v) is 9.85. The molecule has 0 aliphatic heterocycles. The van der Waals surface area contributed by atoms with Gasteiger partial charge in [0.25, 0.3) is 0 Å². The molecule has 8 heteroatoms. The van der Waals surface area contributed by atoms with Gasteiger partial charge in [0.15, 0.2) is 5.11 Å². The van der Waals surface area contributed by atoms with E-state index in [1.54, 1.807) is 38.5 Å². The van der Waals surface area contributed by atoms with Crippen molar-refractivity contribution in [2.24, 2.45) is 0 Å². The summed E-state index contributed by atoms with van der Waals surface area (Å²) in [5.74, 6) is 0.834. The minimum atomic E-state index is -0.437. The molecule has 0 spiro atoms. The quantitative estimate of drug-likeness (QED) is 0.422. The van der Waals surface area contributed by atoms with Crippen LogP contribution in [0.2, 0.25) is 0 Å². The van der Waals surface area contributed by atoms with E-state index in [1.807, 2.05) is 30.3 Å². The lowest BCUT2D eigenvalue weighted by Crippen LogP contribution is -2.20. The number of carbonyl (C=O) groups excluding carboxylic acids is 1. The van der Waals surface area contributed by atoms with Crippen molar-refractivity contribution in [2.75, 3.05) is 32.0 Å². The zero-order valence-corrected chi connectivity index (χ0v) is 17.8. The summed E-state index contributed by atoms with van der Waals surface area (Å²) in [4.78, 5) is 13.2. The van der Waals surface area contributed by atoms with E-state index in [2.05, 4.69) is 10.6 Å². The summed E-state index contributed by atoms with van der Waals surface area (Å²) < 4.78 is 15.5. The lowest BCUT2D eigenvalue weighted by atomic mass is 10.1. The number of thiocarbonyl (C=S) groups is 1. The van der Waals surface area contributed by atoms with Gasteiger partial charge in [-0.05, 0) is 36.0 Å². The summed E-state index contributed by atoms with van der Waals surface area (Å²) >= 11 is 6.87. The predicted molar refractivity (Wildman–Crippen MR) is 120 cm³/mol. The molecule has 6 nitrogen and oxygen atoms in total. The SMILES string of the molecule is COC(=O)c1cc(-c2ccccc2)sc1NC(=S)Nc1cc(OC)ccc1OC. The minimum absolute atomic E-state index is 0.308. The Morgan fingerprint density at radius 3 is 2.38 bits per heavy atom. The third kappa shape index (κ3) is 4.85. The lowest BCUT2D eigenvalue weighted by Gasteiger charge is -2.14. The number of hydrogen-bond acceptors (Lipinski definition) is 6. The molecule has 0 aliphatic rings. The summed E-state index contributed by atoms with van der Waals surface area (Å²) in [6, 6.07) is 16.9. The Morgan fingerprint density at radius 1 is 0.966 bits per heavy atom. The molecule has 0 saturated heterocycles. The number of hydrogen-bond donors (Lipinski definition) is 2. The third-order valence-corrected chi connectivity index (χ3v) is 5.38. The van der Waals surface area contributed by atoms with Crippen LogP contribution in [-0.2, 0) is 4.74 Å². The van der Waals surface area contributed by atoms with E-state index in [-0.39, 0.29) is 0 Å². The second kappa shape index (κ2) is 9.40. The van der Waals surface area contributed by atoms with Crippen LogP contribution in [-0.4, -0.2) is 32.4 Å². The smallest absolute Gasteiger partial charge is 0.340 e. The molecule has 0 saturated carbocycles. The highest BCUT2D eigenvalue weighted by atomic mass is 32.1. The maximum atomic E-state index is 12.2. The van der Waals surface area contributed by atoms with Gasteiger partial charge >= 0.3 is 5.97 Å². The summed E-state index contributed by atoms with van der Waals surface area (Å²) in [6.07, 6.45) is 0. The van der Waals surface area contributed by atoms with E-state index in [9.17, 15) is 4.79 Å². The van der Waals surface area contributed by atoms with E-state index in [0.717, 1.165) is 10.4 Å². The van der Waals surface area contributed by atoms with Crippen LogP contribution in [0.15, 0.2) is 54.6 Å². The molecule has 0 radical (unpaired) electrons. The topological polar surface area (TPSA) is 68.8 Å². The summed E-state index contributed by atoms with van der Waals surface area (Å²) in [5, 5.41) is 7.08. The monoisotopic (exact) mass is 428 g/mol. The molecule has 29 heavy (non-hydrogen) atoms. The summed E-state index contributed by atoms with van der Waals surface area (Å²) in [5.41, 5.74) is 2.06. The second-order valence-corrected chi connectivity index (χ2v) is 7.32. The molecule has 0 amide bonds. The fourth-order valence-electron chi connectivity index (χ4n) is 2.66. The Labute approximate surface area is 178 Å². The average molecular weight is 429 g/mol. The molecule has 2 aromatic carbocycles. The first kappa shape index (κ1) is 20.6. The molecule has 1 heterocycles. The van der Waals surface area contributed by atoms with Gasteiger partial charge in [0, 0.05) is 10.9 Å². The van der Waals surface area contributed by atoms with E-state index in [0.29, 0.717) is 32.9 Å². The second-order valence-electron chi connectivity index (χ2n) is 5.86. The molecule has 1 aromatic heterocycles. The number of ether oxygens (including phenoxy) is 3. The van der Waals surface area contributed by atoms with Crippen LogP contribution in [0.25, 0.3) is 10.4 Å². The highest BCUT2D eigenvalue weighted by Gasteiger charge is 2.19. The van der Waals surface area contributed by atoms with Crippen molar-refractivity contribution in [3.8, 4) is 21.9 Å². The van der Waals surface area contributed by atoms with Gasteiger partial charge in [-0.25, -0.2) is 4.79 Å². The number of carbonyl (C=O) groups is 1. The van der Waals surface area contributed by atoms with Crippen molar-refractivity contribution in [2.45, 2.75) is 0 Å². The summed E-state index contributed by atoms with van der Waals surface area (Å²) in [6.45, 7) is 0. The summed E-state index contributed by atoms with van der Waals surface area (Å²) in [7, 11) is 4.51. The Kier molecular flexibility index (Phi) is 6.69. The highest BCUT2D eigenvalue weighted by Crippen LogP contribution is 2.36. The number of esters is 1. The van der Waals surface area contributed by atoms with Gasteiger partial charge in [-0.15, -0.1) is 11.3 Å². The van der Waals surface area contributed by atoms with E-state index >= 15 is 0 Å². The van der Waals surface area contributed by atoms with Gasteiger partial charge < -0.3 is 24.8 Å².